The smallest absolute Gasteiger partial charge is 0.416 e. The van der Waals surface area contributed by atoms with Crippen molar-refractivity contribution in [3.05, 3.63) is 35.4 Å². The first kappa shape index (κ1) is 28.4. The van der Waals surface area contributed by atoms with E-state index in [4.69, 9.17) is 4.74 Å². The molecule has 0 aromatic heterocycles. The fourth-order valence-electron chi connectivity index (χ4n) is 4.11. The first-order valence-electron chi connectivity index (χ1n) is 12.2. The minimum atomic E-state index is -4.62. The van der Waals surface area contributed by atoms with Crippen molar-refractivity contribution in [2.24, 2.45) is 0 Å². The number of carbonyl (C=O) groups is 1. The molecule has 192 valence electrons. The third-order valence-electron chi connectivity index (χ3n) is 5.96. The van der Waals surface area contributed by atoms with E-state index in [2.05, 4.69) is 6.92 Å². The van der Waals surface area contributed by atoms with Crippen molar-refractivity contribution in [3.63, 3.8) is 0 Å². The van der Waals surface area contributed by atoms with Crippen LogP contribution in [0.3, 0.4) is 0 Å². The number of nitrogens with zero attached hydrogens (tertiary/aromatic N) is 1. The Morgan fingerprint density at radius 3 is 2.15 bits per heavy atom. The number of hydrogen-bond donors (Lipinski definition) is 0. The van der Waals surface area contributed by atoms with Gasteiger partial charge in [-0.1, -0.05) is 64.7 Å². The minimum absolute atomic E-state index is 0.0952. The zero-order chi connectivity index (χ0) is 25.2. The molecular weight excluding hydrogens is 467 g/mol. The minimum Gasteiger partial charge on any atom is -0.463 e. The Morgan fingerprint density at radius 1 is 1.00 bits per heavy atom. The molecule has 0 aliphatic carbocycles. The second kappa shape index (κ2) is 13.3. The average molecular weight is 504 g/mol. The summed E-state index contributed by atoms with van der Waals surface area (Å²) >= 11 is 0. The van der Waals surface area contributed by atoms with Gasteiger partial charge in [-0.3, -0.25) is 0 Å². The molecule has 0 bridgehead atoms. The van der Waals surface area contributed by atoms with Crippen molar-refractivity contribution in [2.45, 2.75) is 89.1 Å². The van der Waals surface area contributed by atoms with E-state index in [9.17, 15) is 26.4 Å². The van der Waals surface area contributed by atoms with Gasteiger partial charge in [0.1, 0.15) is 0 Å². The Kier molecular flexibility index (Phi) is 11.1. The maximum Gasteiger partial charge on any atom is 0.416 e. The lowest BCUT2D eigenvalue weighted by molar-refractivity contribution is -0.138. The monoisotopic (exact) mass is 503 g/mol. The van der Waals surface area contributed by atoms with Crippen LogP contribution >= 0.6 is 0 Å². The van der Waals surface area contributed by atoms with Gasteiger partial charge in [-0.05, 0) is 42.7 Å². The number of alkyl halides is 3. The molecule has 0 atom stereocenters. The van der Waals surface area contributed by atoms with E-state index in [0.717, 1.165) is 43.5 Å². The normalized spacial score (nSPS) is 17.0. The van der Waals surface area contributed by atoms with Crippen LogP contribution in [0.25, 0.3) is 5.57 Å². The van der Waals surface area contributed by atoms with Crippen molar-refractivity contribution in [1.29, 1.82) is 0 Å². The van der Waals surface area contributed by atoms with Gasteiger partial charge in [0, 0.05) is 19.2 Å². The Hall–Kier alpha value is -1.87. The summed E-state index contributed by atoms with van der Waals surface area (Å²) in [5, 5.41) is 0. The van der Waals surface area contributed by atoms with Crippen LogP contribution in [0, 0.1) is 0 Å². The molecule has 1 heterocycles. The molecule has 0 N–H and O–H groups in total. The molecular formula is C25H36F3NO4S. The number of hydrogen-bond acceptors (Lipinski definition) is 4. The maximum absolute atomic E-state index is 13.2. The summed E-state index contributed by atoms with van der Waals surface area (Å²) in [6.45, 7) is 4.01. The first-order chi connectivity index (χ1) is 16.1. The lowest BCUT2D eigenvalue weighted by Crippen LogP contribution is -2.38. The Balaban J connectivity index is 2.07. The van der Waals surface area contributed by atoms with E-state index >= 15 is 0 Å². The highest BCUT2D eigenvalue weighted by molar-refractivity contribution is 7.89. The predicted octanol–water partition coefficient (Wildman–Crippen LogP) is 6.58. The highest BCUT2D eigenvalue weighted by atomic mass is 32.2. The highest BCUT2D eigenvalue weighted by Crippen LogP contribution is 2.38. The van der Waals surface area contributed by atoms with Crippen molar-refractivity contribution in [1.82, 2.24) is 4.31 Å². The molecule has 1 aliphatic rings. The number of esters is 1. The fraction of sp³-hybridized carbons (Fsp3) is 0.640. The van der Waals surface area contributed by atoms with Crippen molar-refractivity contribution in [2.75, 3.05) is 19.7 Å². The van der Waals surface area contributed by atoms with Crippen molar-refractivity contribution < 1.29 is 31.1 Å². The maximum atomic E-state index is 13.2. The molecule has 34 heavy (non-hydrogen) atoms. The van der Waals surface area contributed by atoms with Crippen LogP contribution in [-0.2, 0) is 25.7 Å². The van der Waals surface area contributed by atoms with Gasteiger partial charge < -0.3 is 4.74 Å². The van der Waals surface area contributed by atoms with Gasteiger partial charge in [-0.2, -0.15) is 17.5 Å². The number of ether oxygens (including phenoxy) is 1. The molecule has 5 nitrogen and oxygen atoms in total. The summed E-state index contributed by atoms with van der Waals surface area (Å²) < 4.78 is 72.1. The number of rotatable bonds is 13. The summed E-state index contributed by atoms with van der Waals surface area (Å²) in [4.78, 5) is 11.8. The second-order valence-electron chi connectivity index (χ2n) is 8.65. The van der Waals surface area contributed by atoms with Crippen molar-refractivity contribution in [3.8, 4) is 0 Å². The second-order valence-corrected chi connectivity index (χ2v) is 10.6. The summed E-state index contributed by atoms with van der Waals surface area (Å²) in [5.74, 6) is -0.709. The number of carbonyl (C=O) groups excluding carboxylic acids is 1. The zero-order valence-corrected chi connectivity index (χ0v) is 20.9. The number of halogens is 3. The van der Waals surface area contributed by atoms with E-state index < -0.39 is 27.7 Å². The number of fused-ring (bicyclic) bond motifs is 1. The van der Waals surface area contributed by atoms with Gasteiger partial charge in [-0.15, -0.1) is 0 Å². The molecule has 0 radical (unpaired) electrons. The molecule has 1 aromatic rings. The SMILES string of the molecule is CCCCCCCCCCCCN1C/C(=C\C(=O)OCC)c2cc(C(F)(F)F)ccc2S1(=O)=O. The molecule has 0 saturated carbocycles. The molecule has 0 spiro atoms. The lowest BCUT2D eigenvalue weighted by atomic mass is 10.0. The molecule has 2 rings (SSSR count). The summed E-state index contributed by atoms with van der Waals surface area (Å²) in [7, 11) is -3.96. The van der Waals surface area contributed by atoms with Crippen LogP contribution in [0.2, 0.25) is 0 Å². The van der Waals surface area contributed by atoms with E-state index in [-0.39, 0.29) is 35.7 Å². The lowest BCUT2D eigenvalue weighted by Gasteiger charge is -2.30. The summed E-state index contributed by atoms with van der Waals surface area (Å²) in [6.07, 6.45) is 7.55. The van der Waals surface area contributed by atoms with E-state index in [1.807, 2.05) is 0 Å². The Morgan fingerprint density at radius 2 is 1.59 bits per heavy atom. The van der Waals surface area contributed by atoms with Crippen LogP contribution < -0.4 is 0 Å². The number of sulfonamides is 1. The van der Waals surface area contributed by atoms with Gasteiger partial charge in [0.05, 0.1) is 17.1 Å². The molecule has 0 saturated heterocycles. The zero-order valence-electron chi connectivity index (χ0n) is 20.1. The van der Waals surface area contributed by atoms with Crippen LogP contribution in [0.1, 0.15) is 89.2 Å². The van der Waals surface area contributed by atoms with Crippen molar-refractivity contribution >= 4 is 21.6 Å². The Bertz CT molecular complexity index is 942. The van der Waals surface area contributed by atoms with Crippen LogP contribution in [0.15, 0.2) is 29.2 Å². The van der Waals surface area contributed by atoms with Gasteiger partial charge >= 0.3 is 12.1 Å². The van der Waals surface area contributed by atoms with Crippen LogP contribution in [-0.4, -0.2) is 38.4 Å². The van der Waals surface area contributed by atoms with E-state index in [0.29, 0.717) is 6.42 Å². The molecule has 0 amide bonds. The summed E-state index contributed by atoms with van der Waals surface area (Å²) in [5.41, 5.74) is -0.844. The standard InChI is InChI=1S/C25H36F3NO4S/c1-3-5-6-7-8-9-10-11-12-13-16-29-19-20(17-24(30)33-4-2)22-18-21(25(26,27)28)14-15-23(22)34(29,31)32/h14-15,17-18H,3-13,16,19H2,1-2H3/b20-17+. The molecule has 0 unspecified atom stereocenters. The van der Waals surface area contributed by atoms with Crippen LogP contribution in [0.4, 0.5) is 13.2 Å². The van der Waals surface area contributed by atoms with Gasteiger partial charge in [0.15, 0.2) is 0 Å². The molecule has 1 aliphatic heterocycles. The largest absolute Gasteiger partial charge is 0.463 e. The van der Waals surface area contributed by atoms with Gasteiger partial charge in [-0.25, -0.2) is 13.2 Å². The quantitative estimate of drug-likeness (QED) is 0.173. The number of benzene rings is 1. The molecule has 9 heteroatoms. The van der Waals surface area contributed by atoms with Crippen LogP contribution in [0.5, 0.6) is 0 Å². The first-order valence-corrected chi connectivity index (χ1v) is 13.6. The summed E-state index contributed by atoms with van der Waals surface area (Å²) in [6, 6.07) is 2.55. The fourth-order valence-corrected chi connectivity index (χ4v) is 5.77. The predicted molar refractivity (Wildman–Crippen MR) is 127 cm³/mol. The third-order valence-corrected chi connectivity index (χ3v) is 7.86. The number of unbranched alkanes of at least 4 members (excludes halogenated alkanes) is 9. The third kappa shape index (κ3) is 8.12. The Labute approximate surface area is 201 Å². The highest BCUT2D eigenvalue weighted by Gasteiger charge is 2.37. The average Bonchev–Trinajstić information content (AvgIpc) is 2.77. The van der Waals surface area contributed by atoms with Gasteiger partial charge in [0.25, 0.3) is 0 Å². The van der Waals surface area contributed by atoms with E-state index in [1.165, 1.54) is 42.8 Å². The molecule has 0 fully saturated rings. The van der Waals surface area contributed by atoms with E-state index in [1.54, 1.807) is 6.92 Å². The van der Waals surface area contributed by atoms with Gasteiger partial charge in [0.2, 0.25) is 10.0 Å². The molecule has 1 aromatic carbocycles. The topological polar surface area (TPSA) is 63.7 Å².